The Labute approximate surface area is 134 Å². The van der Waals surface area contributed by atoms with Crippen molar-refractivity contribution in [1.29, 1.82) is 5.26 Å². The molecule has 0 bridgehead atoms. The number of aliphatic hydroxyl groups is 1. The van der Waals surface area contributed by atoms with Gasteiger partial charge in [0.1, 0.15) is 18.2 Å². The van der Waals surface area contributed by atoms with Crippen LogP contribution in [0.2, 0.25) is 0 Å². The van der Waals surface area contributed by atoms with Gasteiger partial charge in [-0.1, -0.05) is 32.9 Å². The Kier molecular flexibility index (Phi) is 4.70. The summed E-state index contributed by atoms with van der Waals surface area (Å²) in [6, 6.07) is 9.18. The predicted octanol–water partition coefficient (Wildman–Crippen LogP) is 3.33. The molecule has 1 aromatic heterocycles. The van der Waals surface area contributed by atoms with Gasteiger partial charge in [-0.15, -0.1) is 0 Å². The number of para-hydroxylation sites is 2. The Balaban J connectivity index is 2.16. The highest BCUT2D eigenvalue weighted by Gasteiger charge is 2.19. The maximum absolute atomic E-state index is 11.7. The molecule has 2 aromatic rings. The third-order valence-corrected chi connectivity index (χ3v) is 3.07. The fourth-order valence-electron chi connectivity index (χ4n) is 2.03. The van der Waals surface area contributed by atoms with Gasteiger partial charge in [0.2, 0.25) is 0 Å². The molecular formula is C17H19N3O3. The van der Waals surface area contributed by atoms with Crippen molar-refractivity contribution in [2.24, 2.45) is 5.41 Å². The van der Waals surface area contributed by atoms with Crippen molar-refractivity contribution in [2.45, 2.75) is 27.2 Å². The summed E-state index contributed by atoms with van der Waals surface area (Å²) in [5.74, 6) is -0.502. The lowest BCUT2D eigenvalue weighted by molar-refractivity contribution is -0.145. The average Bonchev–Trinajstić information content (AvgIpc) is 2.87. The molecule has 0 fully saturated rings. The van der Waals surface area contributed by atoms with E-state index < -0.39 is 5.97 Å². The number of benzene rings is 1. The molecule has 1 heterocycles. The third kappa shape index (κ3) is 4.33. The number of hydrogen-bond acceptors (Lipinski definition) is 5. The summed E-state index contributed by atoms with van der Waals surface area (Å²) in [6.07, 6.45) is 0.229. The average molecular weight is 313 g/mol. The zero-order valence-corrected chi connectivity index (χ0v) is 13.4. The minimum Gasteiger partial charge on any atom is -0.507 e. The standard InChI is InChI=1S/C17H19N3O3/c1-17(2,3)8-15(22)23-10-14(21)11(9-18)16-19-12-6-4-5-7-13(12)20-16/h4-7,21H,8,10H2,1-3H3,(H,19,20)/b14-11-. The first kappa shape index (κ1) is 16.6. The lowest BCUT2D eigenvalue weighted by Gasteiger charge is -2.16. The van der Waals surface area contributed by atoms with E-state index in [0.29, 0.717) is 5.52 Å². The van der Waals surface area contributed by atoms with Gasteiger partial charge in [0.15, 0.2) is 11.6 Å². The van der Waals surface area contributed by atoms with Gasteiger partial charge in [-0.3, -0.25) is 4.79 Å². The van der Waals surface area contributed by atoms with Crippen molar-refractivity contribution in [1.82, 2.24) is 9.97 Å². The fourth-order valence-corrected chi connectivity index (χ4v) is 2.03. The first-order valence-electron chi connectivity index (χ1n) is 7.23. The zero-order valence-electron chi connectivity index (χ0n) is 13.4. The largest absolute Gasteiger partial charge is 0.507 e. The van der Waals surface area contributed by atoms with E-state index in [1.54, 1.807) is 6.07 Å². The summed E-state index contributed by atoms with van der Waals surface area (Å²) in [4.78, 5) is 18.9. The monoisotopic (exact) mass is 313 g/mol. The third-order valence-electron chi connectivity index (χ3n) is 3.07. The van der Waals surface area contributed by atoms with Crippen LogP contribution in [0, 0.1) is 16.7 Å². The van der Waals surface area contributed by atoms with Crippen LogP contribution in [-0.2, 0) is 9.53 Å². The summed E-state index contributed by atoms with van der Waals surface area (Å²) < 4.78 is 5.02. The van der Waals surface area contributed by atoms with Crippen molar-refractivity contribution in [3.63, 3.8) is 0 Å². The first-order valence-corrected chi connectivity index (χ1v) is 7.23. The Morgan fingerprint density at radius 3 is 2.70 bits per heavy atom. The number of aromatic nitrogens is 2. The number of imidazole rings is 1. The van der Waals surface area contributed by atoms with Crippen LogP contribution in [0.1, 0.15) is 33.0 Å². The summed E-state index contributed by atoms with van der Waals surface area (Å²) in [5.41, 5.74) is 1.21. The first-order chi connectivity index (χ1) is 10.8. The maximum atomic E-state index is 11.7. The molecule has 1 aromatic carbocycles. The molecule has 2 rings (SSSR count). The highest BCUT2D eigenvalue weighted by atomic mass is 16.5. The second-order valence-electron chi connectivity index (χ2n) is 6.43. The molecule has 0 aliphatic carbocycles. The smallest absolute Gasteiger partial charge is 0.306 e. The Bertz CT molecular complexity index is 758. The van der Waals surface area contributed by atoms with Gasteiger partial charge >= 0.3 is 5.97 Å². The summed E-state index contributed by atoms with van der Waals surface area (Å²) >= 11 is 0. The van der Waals surface area contributed by atoms with Gasteiger partial charge in [-0.2, -0.15) is 5.26 Å². The van der Waals surface area contributed by atoms with Crippen molar-refractivity contribution < 1.29 is 14.6 Å². The van der Waals surface area contributed by atoms with Gasteiger partial charge in [0.25, 0.3) is 0 Å². The molecule has 0 unspecified atom stereocenters. The van der Waals surface area contributed by atoms with Gasteiger partial charge in [-0.05, 0) is 17.5 Å². The van der Waals surface area contributed by atoms with Crippen LogP contribution in [0.4, 0.5) is 0 Å². The van der Waals surface area contributed by atoms with Crippen molar-refractivity contribution in [2.75, 3.05) is 6.61 Å². The quantitative estimate of drug-likeness (QED) is 0.512. The number of fused-ring (bicyclic) bond motifs is 1. The maximum Gasteiger partial charge on any atom is 0.306 e. The van der Waals surface area contributed by atoms with E-state index in [2.05, 4.69) is 9.97 Å². The van der Waals surface area contributed by atoms with Crippen LogP contribution < -0.4 is 0 Å². The second-order valence-corrected chi connectivity index (χ2v) is 6.43. The molecular weight excluding hydrogens is 294 g/mol. The molecule has 0 saturated heterocycles. The minimum atomic E-state index is -0.425. The Morgan fingerprint density at radius 1 is 1.39 bits per heavy atom. The van der Waals surface area contributed by atoms with Gasteiger partial charge in [0.05, 0.1) is 17.5 Å². The number of ether oxygens (including phenoxy) is 1. The highest BCUT2D eigenvalue weighted by Crippen LogP contribution is 2.21. The fraction of sp³-hybridized carbons (Fsp3) is 0.353. The number of aromatic amines is 1. The van der Waals surface area contributed by atoms with Gasteiger partial charge in [-0.25, -0.2) is 4.98 Å². The number of esters is 1. The van der Waals surface area contributed by atoms with Crippen LogP contribution in [-0.4, -0.2) is 27.7 Å². The molecule has 23 heavy (non-hydrogen) atoms. The van der Waals surface area contributed by atoms with E-state index in [0.717, 1.165) is 5.52 Å². The van der Waals surface area contributed by atoms with E-state index >= 15 is 0 Å². The lowest BCUT2D eigenvalue weighted by Crippen LogP contribution is -2.16. The van der Waals surface area contributed by atoms with Crippen LogP contribution >= 0.6 is 0 Å². The molecule has 6 nitrogen and oxygen atoms in total. The van der Waals surface area contributed by atoms with Crippen LogP contribution in [0.5, 0.6) is 0 Å². The number of hydrogen-bond donors (Lipinski definition) is 2. The lowest BCUT2D eigenvalue weighted by atomic mass is 9.92. The van der Waals surface area contributed by atoms with Gasteiger partial charge in [0, 0.05) is 0 Å². The van der Waals surface area contributed by atoms with Gasteiger partial charge < -0.3 is 14.8 Å². The molecule has 0 aliphatic rings. The van der Waals surface area contributed by atoms with Crippen molar-refractivity contribution >= 4 is 22.6 Å². The number of rotatable bonds is 4. The molecule has 0 spiro atoms. The van der Waals surface area contributed by atoms with Crippen LogP contribution in [0.15, 0.2) is 30.0 Å². The summed E-state index contributed by atoms with van der Waals surface area (Å²) in [6.45, 7) is 5.39. The number of carbonyl (C=O) groups excluding carboxylic acids is 1. The van der Waals surface area contributed by atoms with Crippen LogP contribution in [0.3, 0.4) is 0 Å². The number of nitriles is 1. The minimum absolute atomic E-state index is 0.0373. The normalized spacial score (nSPS) is 12.6. The van der Waals surface area contributed by atoms with E-state index in [1.807, 2.05) is 45.0 Å². The predicted molar refractivity (Wildman–Crippen MR) is 86.3 cm³/mol. The molecule has 0 aliphatic heterocycles. The number of aliphatic hydroxyl groups excluding tert-OH is 1. The van der Waals surface area contributed by atoms with E-state index in [4.69, 9.17) is 4.74 Å². The number of nitrogens with one attached hydrogen (secondary N) is 1. The van der Waals surface area contributed by atoms with E-state index in [1.165, 1.54) is 0 Å². The molecule has 0 radical (unpaired) electrons. The zero-order chi connectivity index (χ0) is 17.0. The Morgan fingerprint density at radius 2 is 2.09 bits per heavy atom. The highest BCUT2D eigenvalue weighted by molar-refractivity contribution is 5.83. The second kappa shape index (κ2) is 6.53. The molecule has 120 valence electrons. The molecule has 0 atom stereocenters. The Hall–Kier alpha value is -2.81. The van der Waals surface area contributed by atoms with Crippen molar-refractivity contribution in [3.05, 3.63) is 35.8 Å². The summed E-state index contributed by atoms with van der Waals surface area (Å²) in [5, 5.41) is 19.3. The van der Waals surface area contributed by atoms with E-state index in [-0.39, 0.29) is 35.6 Å². The topological polar surface area (TPSA) is 99.0 Å². The van der Waals surface area contributed by atoms with Crippen molar-refractivity contribution in [3.8, 4) is 6.07 Å². The van der Waals surface area contributed by atoms with Crippen LogP contribution in [0.25, 0.3) is 16.6 Å². The SMILES string of the molecule is CC(C)(C)CC(=O)OC/C(O)=C(\C#N)c1nc2ccccc2[nH]1. The summed E-state index contributed by atoms with van der Waals surface area (Å²) in [7, 11) is 0. The number of H-pyrrole nitrogens is 1. The number of carbonyl (C=O) groups is 1. The molecule has 0 amide bonds. The molecule has 0 saturated carbocycles. The number of nitrogens with zero attached hydrogens (tertiary/aromatic N) is 2. The molecule has 2 N–H and O–H groups in total. The molecule has 6 heteroatoms. The van der Waals surface area contributed by atoms with E-state index in [9.17, 15) is 15.2 Å². The number of allylic oxidation sites excluding steroid dienone is 1.